The monoisotopic (exact) mass is 195 g/mol. The van der Waals surface area contributed by atoms with Crippen LogP contribution in [0.1, 0.15) is 19.3 Å². The Morgan fingerprint density at radius 2 is 2.14 bits per heavy atom. The summed E-state index contributed by atoms with van der Waals surface area (Å²) in [4.78, 5) is 15.2. The van der Waals surface area contributed by atoms with E-state index in [1.54, 1.807) is 19.0 Å². The summed E-state index contributed by atoms with van der Waals surface area (Å²) in [7, 11) is 3.52. The highest BCUT2D eigenvalue weighted by molar-refractivity contribution is 5.77. The third-order valence-electron chi connectivity index (χ3n) is 2.41. The van der Waals surface area contributed by atoms with Gasteiger partial charge < -0.3 is 4.90 Å². The minimum absolute atomic E-state index is 0.120. The van der Waals surface area contributed by atoms with E-state index in [9.17, 15) is 4.79 Å². The maximum absolute atomic E-state index is 11.4. The van der Waals surface area contributed by atoms with Gasteiger partial charge in [0.2, 0.25) is 5.91 Å². The fourth-order valence-electron chi connectivity index (χ4n) is 1.34. The normalized spacial score (nSPS) is 15.3. The van der Waals surface area contributed by atoms with Crippen molar-refractivity contribution in [2.45, 2.75) is 25.3 Å². The zero-order chi connectivity index (χ0) is 10.6. The van der Waals surface area contributed by atoms with Gasteiger partial charge in [-0.15, -0.1) is 0 Å². The molecule has 0 saturated heterocycles. The lowest BCUT2D eigenvalue weighted by Gasteiger charge is -2.21. The number of rotatable bonds is 5. The van der Waals surface area contributed by atoms with Gasteiger partial charge in [-0.25, -0.2) is 0 Å². The molecule has 1 aliphatic carbocycles. The molecule has 78 valence electrons. The van der Waals surface area contributed by atoms with Gasteiger partial charge in [0, 0.05) is 33.1 Å². The zero-order valence-electron chi connectivity index (χ0n) is 8.86. The summed E-state index contributed by atoms with van der Waals surface area (Å²) in [6.45, 7) is 1.18. The summed E-state index contributed by atoms with van der Waals surface area (Å²) < 4.78 is 0. The summed E-state index contributed by atoms with van der Waals surface area (Å²) in [5.74, 6) is 0.120. The molecule has 1 amide bonds. The van der Waals surface area contributed by atoms with Crippen molar-refractivity contribution in [3.05, 3.63) is 0 Å². The second-order valence-corrected chi connectivity index (χ2v) is 3.90. The molecule has 0 aliphatic heterocycles. The van der Waals surface area contributed by atoms with Crippen molar-refractivity contribution >= 4 is 5.91 Å². The van der Waals surface area contributed by atoms with Crippen molar-refractivity contribution < 1.29 is 4.79 Å². The molecule has 0 aromatic rings. The lowest BCUT2D eigenvalue weighted by Crippen LogP contribution is -2.38. The fourth-order valence-corrected chi connectivity index (χ4v) is 1.34. The molecule has 1 aliphatic rings. The Bertz CT molecular complexity index is 240. The van der Waals surface area contributed by atoms with E-state index < -0.39 is 0 Å². The van der Waals surface area contributed by atoms with Gasteiger partial charge in [-0.05, 0) is 12.8 Å². The summed E-state index contributed by atoms with van der Waals surface area (Å²) >= 11 is 0. The molecule has 1 rings (SSSR count). The predicted octanol–water partition coefficient (Wildman–Crippen LogP) is 0.453. The second-order valence-electron chi connectivity index (χ2n) is 3.90. The van der Waals surface area contributed by atoms with Crippen LogP contribution in [0.25, 0.3) is 0 Å². The van der Waals surface area contributed by atoms with Crippen molar-refractivity contribution in [2.24, 2.45) is 0 Å². The number of hydrogen-bond donors (Lipinski definition) is 0. The highest BCUT2D eigenvalue weighted by atomic mass is 16.2. The SMILES string of the molecule is CN(C)C(=O)CN(CCC#N)C1CC1. The molecule has 0 heterocycles. The Morgan fingerprint density at radius 1 is 1.50 bits per heavy atom. The average Bonchev–Trinajstić information content (AvgIpc) is 2.94. The van der Waals surface area contributed by atoms with E-state index in [0.717, 1.165) is 6.54 Å². The Kier molecular flexibility index (Phi) is 3.90. The molecular weight excluding hydrogens is 178 g/mol. The molecule has 1 saturated carbocycles. The number of amides is 1. The van der Waals surface area contributed by atoms with E-state index in [-0.39, 0.29) is 5.91 Å². The molecule has 1 fully saturated rings. The van der Waals surface area contributed by atoms with E-state index in [1.165, 1.54) is 12.8 Å². The lowest BCUT2D eigenvalue weighted by atomic mass is 10.3. The topological polar surface area (TPSA) is 47.3 Å². The van der Waals surface area contributed by atoms with Gasteiger partial charge in [0.05, 0.1) is 12.6 Å². The number of hydrogen-bond acceptors (Lipinski definition) is 3. The third kappa shape index (κ3) is 3.35. The number of likely N-dealkylation sites (N-methyl/N-ethyl adjacent to an activating group) is 1. The van der Waals surface area contributed by atoms with Gasteiger partial charge in [0.15, 0.2) is 0 Å². The first-order valence-corrected chi connectivity index (χ1v) is 4.96. The Hall–Kier alpha value is -1.08. The van der Waals surface area contributed by atoms with E-state index in [2.05, 4.69) is 11.0 Å². The number of nitriles is 1. The van der Waals surface area contributed by atoms with E-state index in [0.29, 0.717) is 19.0 Å². The first-order chi connectivity index (χ1) is 6.65. The van der Waals surface area contributed by atoms with Crippen LogP contribution in [-0.2, 0) is 4.79 Å². The van der Waals surface area contributed by atoms with Gasteiger partial charge in [-0.3, -0.25) is 9.69 Å². The maximum atomic E-state index is 11.4. The summed E-state index contributed by atoms with van der Waals surface area (Å²) in [6.07, 6.45) is 2.86. The molecule has 0 aromatic carbocycles. The Labute approximate surface area is 85.1 Å². The van der Waals surface area contributed by atoms with Crippen LogP contribution in [0.15, 0.2) is 0 Å². The van der Waals surface area contributed by atoms with Crippen LogP contribution in [0.5, 0.6) is 0 Å². The Balaban J connectivity index is 2.35. The highest BCUT2D eigenvalue weighted by Gasteiger charge is 2.29. The van der Waals surface area contributed by atoms with Crippen molar-refractivity contribution in [1.82, 2.24) is 9.80 Å². The maximum Gasteiger partial charge on any atom is 0.236 e. The molecule has 0 N–H and O–H groups in total. The van der Waals surface area contributed by atoms with Crippen LogP contribution < -0.4 is 0 Å². The van der Waals surface area contributed by atoms with Crippen molar-refractivity contribution in [3.8, 4) is 6.07 Å². The van der Waals surface area contributed by atoms with E-state index in [4.69, 9.17) is 5.26 Å². The standard InChI is InChI=1S/C10H17N3O/c1-12(2)10(14)8-13(7-3-6-11)9-4-5-9/h9H,3-5,7-8H2,1-2H3. The van der Waals surface area contributed by atoms with Crippen LogP contribution in [0, 0.1) is 11.3 Å². The summed E-state index contributed by atoms with van der Waals surface area (Å²) in [5, 5.41) is 8.49. The minimum Gasteiger partial charge on any atom is -0.348 e. The number of nitrogens with zero attached hydrogens (tertiary/aromatic N) is 3. The summed E-state index contributed by atoms with van der Waals surface area (Å²) in [6, 6.07) is 2.67. The van der Waals surface area contributed by atoms with Gasteiger partial charge in [-0.1, -0.05) is 0 Å². The predicted molar refractivity (Wildman–Crippen MR) is 53.5 cm³/mol. The highest BCUT2D eigenvalue weighted by Crippen LogP contribution is 2.26. The Morgan fingerprint density at radius 3 is 2.57 bits per heavy atom. The number of carbonyl (C=O) groups excluding carboxylic acids is 1. The van der Waals surface area contributed by atoms with Crippen LogP contribution >= 0.6 is 0 Å². The largest absolute Gasteiger partial charge is 0.348 e. The average molecular weight is 195 g/mol. The minimum atomic E-state index is 0.120. The molecule has 4 heteroatoms. The first-order valence-electron chi connectivity index (χ1n) is 4.96. The smallest absolute Gasteiger partial charge is 0.236 e. The van der Waals surface area contributed by atoms with Gasteiger partial charge in [-0.2, -0.15) is 5.26 Å². The molecule has 0 aromatic heterocycles. The molecule has 4 nitrogen and oxygen atoms in total. The summed E-state index contributed by atoms with van der Waals surface area (Å²) in [5.41, 5.74) is 0. The van der Waals surface area contributed by atoms with Crippen LogP contribution in [0.3, 0.4) is 0 Å². The molecule has 0 spiro atoms. The van der Waals surface area contributed by atoms with E-state index >= 15 is 0 Å². The quantitative estimate of drug-likeness (QED) is 0.640. The van der Waals surface area contributed by atoms with Crippen LogP contribution in [0.2, 0.25) is 0 Å². The van der Waals surface area contributed by atoms with Gasteiger partial charge >= 0.3 is 0 Å². The molecular formula is C10H17N3O. The van der Waals surface area contributed by atoms with Gasteiger partial charge in [0.25, 0.3) is 0 Å². The first kappa shape index (κ1) is 11.0. The molecule has 14 heavy (non-hydrogen) atoms. The van der Waals surface area contributed by atoms with Crippen molar-refractivity contribution in [1.29, 1.82) is 5.26 Å². The lowest BCUT2D eigenvalue weighted by molar-refractivity contribution is -0.130. The fraction of sp³-hybridized carbons (Fsp3) is 0.800. The molecule has 0 atom stereocenters. The molecule has 0 bridgehead atoms. The van der Waals surface area contributed by atoms with Crippen molar-refractivity contribution in [2.75, 3.05) is 27.2 Å². The number of carbonyl (C=O) groups is 1. The van der Waals surface area contributed by atoms with E-state index in [1.807, 2.05) is 0 Å². The van der Waals surface area contributed by atoms with Crippen LogP contribution in [-0.4, -0.2) is 48.9 Å². The second kappa shape index (κ2) is 4.97. The van der Waals surface area contributed by atoms with Crippen LogP contribution in [0.4, 0.5) is 0 Å². The zero-order valence-corrected chi connectivity index (χ0v) is 8.86. The molecule has 0 radical (unpaired) electrons. The third-order valence-corrected chi connectivity index (χ3v) is 2.41. The van der Waals surface area contributed by atoms with Gasteiger partial charge in [0.1, 0.15) is 0 Å². The molecule has 0 unspecified atom stereocenters. The van der Waals surface area contributed by atoms with Crippen molar-refractivity contribution in [3.63, 3.8) is 0 Å².